The molecule has 0 bridgehead atoms. The third-order valence-electron chi connectivity index (χ3n) is 4.65. The number of carbonyl (C=O) groups excluding carboxylic acids is 2. The number of rotatable bonds is 7. The molecule has 0 unspecified atom stereocenters. The topological polar surface area (TPSA) is 92.4 Å². The van der Waals surface area contributed by atoms with E-state index in [0.29, 0.717) is 53.5 Å². The van der Waals surface area contributed by atoms with Crippen molar-refractivity contribution in [1.82, 2.24) is 4.98 Å². The predicted octanol–water partition coefficient (Wildman–Crippen LogP) is 6.72. The van der Waals surface area contributed by atoms with Gasteiger partial charge in [-0.25, -0.2) is 14.2 Å². The van der Waals surface area contributed by atoms with Crippen LogP contribution in [0.2, 0.25) is 0 Å². The molecule has 11 heteroatoms. The fraction of sp³-hybridized carbons (Fsp3) is 0.208. The SMILES string of the molecule is CCCC(=O)Nc1cc(Oc2ccc(C)c(NC(=O)Nc3cc(F)cc(C(F)(F)F)c3)c2)ccn1. The molecule has 0 atom stereocenters. The normalized spacial score (nSPS) is 11.0. The lowest BCUT2D eigenvalue weighted by Crippen LogP contribution is -2.20. The molecule has 2 aromatic carbocycles. The molecule has 3 N–H and O–H groups in total. The summed E-state index contributed by atoms with van der Waals surface area (Å²) >= 11 is 0. The van der Waals surface area contributed by atoms with E-state index in [4.69, 9.17) is 4.74 Å². The first-order valence-electron chi connectivity index (χ1n) is 10.5. The Labute approximate surface area is 198 Å². The molecule has 3 aromatic rings. The number of alkyl halides is 3. The third kappa shape index (κ3) is 7.42. The van der Waals surface area contributed by atoms with E-state index in [9.17, 15) is 27.2 Å². The Morgan fingerprint density at radius 3 is 2.43 bits per heavy atom. The number of hydrogen-bond acceptors (Lipinski definition) is 4. The summed E-state index contributed by atoms with van der Waals surface area (Å²) in [6.45, 7) is 3.59. The Balaban J connectivity index is 1.71. The van der Waals surface area contributed by atoms with Gasteiger partial charge in [0.1, 0.15) is 23.1 Å². The summed E-state index contributed by atoms with van der Waals surface area (Å²) in [6.07, 6.45) is -2.25. The number of aryl methyl sites for hydroxylation is 1. The highest BCUT2D eigenvalue weighted by atomic mass is 19.4. The van der Waals surface area contributed by atoms with E-state index in [1.54, 1.807) is 25.1 Å². The van der Waals surface area contributed by atoms with Crippen LogP contribution in [-0.2, 0) is 11.0 Å². The lowest BCUT2D eigenvalue weighted by atomic mass is 10.2. The molecule has 0 fully saturated rings. The smallest absolute Gasteiger partial charge is 0.416 e. The zero-order valence-electron chi connectivity index (χ0n) is 18.8. The summed E-state index contributed by atoms with van der Waals surface area (Å²) in [5, 5.41) is 7.37. The van der Waals surface area contributed by atoms with Gasteiger partial charge in [0.25, 0.3) is 0 Å². The standard InChI is InChI=1S/C24H22F4N4O3/c1-3-4-22(33)32-21-13-19(7-8-29-21)35-18-6-5-14(2)20(12-18)31-23(34)30-17-10-15(24(26,27)28)9-16(25)11-17/h5-13H,3-4H2,1-2H3,(H,29,32,33)(H2,30,31,34). The van der Waals surface area contributed by atoms with E-state index in [1.807, 2.05) is 6.92 Å². The van der Waals surface area contributed by atoms with Gasteiger partial charge in [0.2, 0.25) is 5.91 Å². The molecule has 0 aliphatic rings. The molecule has 0 aliphatic heterocycles. The van der Waals surface area contributed by atoms with Crippen LogP contribution in [0.1, 0.15) is 30.9 Å². The van der Waals surface area contributed by atoms with Crippen molar-refractivity contribution in [3.8, 4) is 11.5 Å². The van der Waals surface area contributed by atoms with Crippen LogP contribution >= 0.6 is 0 Å². The Bertz CT molecular complexity index is 1230. The van der Waals surface area contributed by atoms with Crippen LogP contribution in [0, 0.1) is 12.7 Å². The van der Waals surface area contributed by atoms with Gasteiger partial charge in [0.15, 0.2) is 0 Å². The summed E-state index contributed by atoms with van der Waals surface area (Å²) in [5.74, 6) is -0.271. The van der Waals surface area contributed by atoms with Gasteiger partial charge in [-0.2, -0.15) is 13.2 Å². The lowest BCUT2D eigenvalue weighted by Gasteiger charge is -2.14. The van der Waals surface area contributed by atoms with E-state index in [0.717, 1.165) is 6.07 Å². The Morgan fingerprint density at radius 2 is 1.71 bits per heavy atom. The summed E-state index contributed by atoms with van der Waals surface area (Å²) in [5.41, 5.74) is -0.612. The van der Waals surface area contributed by atoms with Crippen molar-refractivity contribution in [1.29, 1.82) is 0 Å². The van der Waals surface area contributed by atoms with Gasteiger partial charge in [-0.05, 0) is 49.2 Å². The Hall–Kier alpha value is -4.15. The van der Waals surface area contributed by atoms with E-state index < -0.39 is 23.6 Å². The fourth-order valence-corrected chi connectivity index (χ4v) is 3.02. The first-order valence-corrected chi connectivity index (χ1v) is 10.5. The van der Waals surface area contributed by atoms with E-state index in [2.05, 4.69) is 20.9 Å². The monoisotopic (exact) mass is 490 g/mol. The van der Waals surface area contributed by atoms with Crippen LogP contribution in [0.5, 0.6) is 11.5 Å². The number of nitrogens with zero attached hydrogens (tertiary/aromatic N) is 1. The molecule has 0 aliphatic carbocycles. The second kappa shape index (κ2) is 10.9. The number of ether oxygens (including phenoxy) is 1. The highest BCUT2D eigenvalue weighted by molar-refractivity contribution is 6.00. The van der Waals surface area contributed by atoms with Gasteiger partial charge in [0, 0.05) is 36.1 Å². The molecule has 7 nitrogen and oxygen atoms in total. The quantitative estimate of drug-likeness (QED) is 0.321. The van der Waals surface area contributed by atoms with Crippen LogP contribution in [0.15, 0.2) is 54.7 Å². The maximum absolute atomic E-state index is 13.6. The largest absolute Gasteiger partial charge is 0.457 e. The molecule has 184 valence electrons. The summed E-state index contributed by atoms with van der Waals surface area (Å²) in [7, 11) is 0. The zero-order valence-corrected chi connectivity index (χ0v) is 18.8. The zero-order chi connectivity index (χ0) is 25.6. The van der Waals surface area contributed by atoms with E-state index in [1.165, 1.54) is 18.3 Å². The minimum Gasteiger partial charge on any atom is -0.457 e. The van der Waals surface area contributed by atoms with Crippen molar-refractivity contribution in [2.45, 2.75) is 32.9 Å². The molecule has 0 saturated heterocycles. The number of hydrogen-bond donors (Lipinski definition) is 3. The highest BCUT2D eigenvalue weighted by Crippen LogP contribution is 2.32. The van der Waals surface area contributed by atoms with Gasteiger partial charge in [-0.1, -0.05) is 13.0 Å². The number of anilines is 3. The first kappa shape index (κ1) is 25.5. The lowest BCUT2D eigenvalue weighted by molar-refractivity contribution is -0.137. The van der Waals surface area contributed by atoms with E-state index in [-0.39, 0.29) is 11.6 Å². The average Bonchev–Trinajstić information content (AvgIpc) is 2.75. The van der Waals surface area contributed by atoms with Crippen LogP contribution in [0.4, 0.5) is 39.5 Å². The maximum atomic E-state index is 13.6. The highest BCUT2D eigenvalue weighted by Gasteiger charge is 2.31. The number of benzene rings is 2. The van der Waals surface area contributed by atoms with Crippen molar-refractivity contribution >= 4 is 29.1 Å². The summed E-state index contributed by atoms with van der Waals surface area (Å²) in [6, 6.07) is 8.83. The molecule has 35 heavy (non-hydrogen) atoms. The molecular formula is C24H22F4N4O3. The van der Waals surface area contributed by atoms with Crippen LogP contribution in [-0.4, -0.2) is 16.9 Å². The van der Waals surface area contributed by atoms with Crippen molar-refractivity contribution in [2.75, 3.05) is 16.0 Å². The number of halogens is 4. The number of pyridine rings is 1. The molecule has 3 rings (SSSR count). The molecule has 1 aromatic heterocycles. The van der Waals surface area contributed by atoms with Crippen LogP contribution in [0.25, 0.3) is 0 Å². The second-order valence-corrected chi connectivity index (χ2v) is 7.56. The van der Waals surface area contributed by atoms with E-state index >= 15 is 0 Å². The van der Waals surface area contributed by atoms with Crippen LogP contribution in [0.3, 0.4) is 0 Å². The van der Waals surface area contributed by atoms with Crippen molar-refractivity contribution in [3.05, 3.63) is 71.7 Å². The Morgan fingerprint density at radius 1 is 0.971 bits per heavy atom. The van der Waals surface area contributed by atoms with Gasteiger partial charge in [0.05, 0.1) is 5.56 Å². The molecular weight excluding hydrogens is 468 g/mol. The minimum absolute atomic E-state index is 0.175. The summed E-state index contributed by atoms with van der Waals surface area (Å²) < 4.78 is 58.1. The van der Waals surface area contributed by atoms with Crippen molar-refractivity contribution in [2.24, 2.45) is 0 Å². The molecule has 0 saturated carbocycles. The fourth-order valence-electron chi connectivity index (χ4n) is 3.02. The summed E-state index contributed by atoms with van der Waals surface area (Å²) in [4.78, 5) is 28.2. The molecule has 3 amide bonds. The van der Waals surface area contributed by atoms with Gasteiger partial charge >= 0.3 is 12.2 Å². The average molecular weight is 490 g/mol. The number of urea groups is 1. The van der Waals surface area contributed by atoms with Gasteiger partial charge in [-0.15, -0.1) is 0 Å². The number of aromatic nitrogens is 1. The molecule has 1 heterocycles. The number of carbonyl (C=O) groups is 2. The second-order valence-electron chi connectivity index (χ2n) is 7.56. The van der Waals surface area contributed by atoms with Gasteiger partial charge < -0.3 is 20.7 Å². The number of amides is 3. The minimum atomic E-state index is -4.76. The maximum Gasteiger partial charge on any atom is 0.416 e. The number of nitrogens with one attached hydrogen (secondary N) is 3. The molecule has 0 spiro atoms. The third-order valence-corrected chi connectivity index (χ3v) is 4.65. The van der Waals surface area contributed by atoms with Crippen molar-refractivity contribution < 1.29 is 31.9 Å². The first-order chi connectivity index (χ1) is 16.5. The molecule has 0 radical (unpaired) electrons. The Kier molecular flexibility index (Phi) is 7.90. The predicted molar refractivity (Wildman–Crippen MR) is 123 cm³/mol. The van der Waals surface area contributed by atoms with Crippen LogP contribution < -0.4 is 20.7 Å². The van der Waals surface area contributed by atoms with Gasteiger partial charge in [-0.3, -0.25) is 4.79 Å². The van der Waals surface area contributed by atoms with Crippen molar-refractivity contribution in [3.63, 3.8) is 0 Å².